The quantitative estimate of drug-likeness (QED) is 0.544. The summed E-state index contributed by atoms with van der Waals surface area (Å²) >= 11 is 12.5. The highest BCUT2D eigenvalue weighted by Gasteiger charge is 2.33. The number of carbonyl (C=O) groups excluding carboxylic acids is 1. The van der Waals surface area contributed by atoms with Gasteiger partial charge in [-0.3, -0.25) is 9.69 Å². The Kier molecular flexibility index (Phi) is 5.13. The second kappa shape index (κ2) is 7.15. The number of hydrogen-bond acceptors (Lipinski definition) is 4. The number of nitrogens with zero attached hydrogens (tertiary/aromatic N) is 2. The van der Waals surface area contributed by atoms with Gasteiger partial charge in [-0.25, -0.2) is 4.39 Å². The van der Waals surface area contributed by atoms with E-state index >= 15 is 0 Å². The van der Waals surface area contributed by atoms with Crippen molar-refractivity contribution in [3.8, 4) is 0 Å². The van der Waals surface area contributed by atoms with Gasteiger partial charge >= 0.3 is 0 Å². The molecule has 3 rings (SSSR count). The van der Waals surface area contributed by atoms with Crippen LogP contribution >= 0.6 is 35.6 Å². The first-order chi connectivity index (χ1) is 11.9. The summed E-state index contributed by atoms with van der Waals surface area (Å²) in [5, 5.41) is 0.251. The number of carbonyl (C=O) groups is 1. The fraction of sp³-hybridized carbons (Fsp3) is 0.111. The zero-order valence-electron chi connectivity index (χ0n) is 13.5. The molecule has 128 valence electrons. The summed E-state index contributed by atoms with van der Waals surface area (Å²) in [6.07, 6.45) is 1.45. The maximum absolute atomic E-state index is 14.0. The third-order valence-electron chi connectivity index (χ3n) is 3.69. The van der Waals surface area contributed by atoms with Crippen LogP contribution in [0, 0.1) is 5.82 Å². The third-order valence-corrected chi connectivity index (χ3v) is 5.32. The minimum atomic E-state index is -0.479. The van der Waals surface area contributed by atoms with Gasteiger partial charge in [0.25, 0.3) is 5.91 Å². The number of rotatable bonds is 3. The van der Waals surface area contributed by atoms with Gasteiger partial charge in [0.15, 0.2) is 4.32 Å². The smallest absolute Gasteiger partial charge is 0.270 e. The zero-order valence-corrected chi connectivity index (χ0v) is 15.9. The van der Waals surface area contributed by atoms with E-state index in [4.69, 9.17) is 23.8 Å². The molecule has 1 saturated heterocycles. The Balaban J connectivity index is 1.94. The first kappa shape index (κ1) is 17.9. The van der Waals surface area contributed by atoms with Gasteiger partial charge < -0.3 is 4.90 Å². The number of hydrogen-bond donors (Lipinski definition) is 0. The third kappa shape index (κ3) is 3.56. The van der Waals surface area contributed by atoms with Gasteiger partial charge in [0, 0.05) is 25.3 Å². The highest BCUT2D eigenvalue weighted by Crippen LogP contribution is 2.37. The molecule has 0 saturated carbocycles. The molecular formula is C18H14ClFN2OS2. The van der Waals surface area contributed by atoms with Crippen molar-refractivity contribution in [2.24, 2.45) is 0 Å². The number of thioether (sulfide) groups is 1. The van der Waals surface area contributed by atoms with Gasteiger partial charge in [-0.1, -0.05) is 41.6 Å². The van der Waals surface area contributed by atoms with E-state index in [1.807, 2.05) is 43.3 Å². The SMILES string of the molecule is CN(C)c1ccc(N2C(=O)/C(=C/c3c(F)cccc3Cl)SC2=S)cc1. The minimum Gasteiger partial charge on any atom is -0.378 e. The zero-order chi connectivity index (χ0) is 18.1. The summed E-state index contributed by atoms with van der Waals surface area (Å²) in [6.45, 7) is 0. The Hall–Kier alpha value is -1.89. The van der Waals surface area contributed by atoms with Crippen molar-refractivity contribution in [3.63, 3.8) is 0 Å². The monoisotopic (exact) mass is 392 g/mol. The molecule has 0 N–H and O–H groups in total. The van der Waals surface area contributed by atoms with E-state index < -0.39 is 5.82 Å². The fourth-order valence-corrected chi connectivity index (χ4v) is 3.87. The van der Waals surface area contributed by atoms with Gasteiger partial charge in [-0.05, 0) is 42.5 Å². The summed E-state index contributed by atoms with van der Waals surface area (Å²) in [5.41, 5.74) is 1.88. The Morgan fingerprint density at radius 1 is 1.20 bits per heavy atom. The van der Waals surface area contributed by atoms with Gasteiger partial charge in [-0.2, -0.15) is 0 Å². The second-order valence-electron chi connectivity index (χ2n) is 5.56. The van der Waals surface area contributed by atoms with Crippen molar-refractivity contribution in [3.05, 3.63) is 63.8 Å². The van der Waals surface area contributed by atoms with Crippen LogP contribution in [0.15, 0.2) is 47.4 Å². The van der Waals surface area contributed by atoms with E-state index in [1.54, 1.807) is 6.07 Å². The van der Waals surface area contributed by atoms with Crippen molar-refractivity contribution < 1.29 is 9.18 Å². The summed E-state index contributed by atoms with van der Waals surface area (Å²) in [6, 6.07) is 11.9. The van der Waals surface area contributed by atoms with Crippen molar-refractivity contribution >= 4 is 63.3 Å². The summed E-state index contributed by atoms with van der Waals surface area (Å²) in [4.78, 5) is 16.5. The average Bonchev–Trinajstić information content (AvgIpc) is 2.85. The van der Waals surface area contributed by atoms with Crippen molar-refractivity contribution in [2.75, 3.05) is 23.9 Å². The topological polar surface area (TPSA) is 23.6 Å². The van der Waals surface area contributed by atoms with Crippen LogP contribution in [0.3, 0.4) is 0 Å². The highest BCUT2D eigenvalue weighted by molar-refractivity contribution is 8.27. The van der Waals surface area contributed by atoms with Crippen LogP contribution in [0.1, 0.15) is 5.56 Å². The predicted octanol–water partition coefficient (Wildman–Crippen LogP) is 4.95. The molecule has 0 aromatic heterocycles. The maximum atomic E-state index is 14.0. The van der Waals surface area contributed by atoms with Crippen LogP contribution in [0.4, 0.5) is 15.8 Å². The van der Waals surface area contributed by atoms with Crippen LogP contribution in [-0.4, -0.2) is 24.3 Å². The highest BCUT2D eigenvalue weighted by atomic mass is 35.5. The van der Waals surface area contributed by atoms with Crippen molar-refractivity contribution in [1.29, 1.82) is 0 Å². The summed E-state index contributed by atoms with van der Waals surface area (Å²) in [7, 11) is 3.88. The number of benzene rings is 2. The Morgan fingerprint density at radius 2 is 1.88 bits per heavy atom. The van der Waals surface area contributed by atoms with Gasteiger partial charge in [-0.15, -0.1) is 0 Å². The fourth-order valence-electron chi connectivity index (χ4n) is 2.37. The molecule has 0 spiro atoms. The minimum absolute atomic E-state index is 0.188. The lowest BCUT2D eigenvalue weighted by Crippen LogP contribution is -2.27. The number of amides is 1. The van der Waals surface area contributed by atoms with Gasteiger partial charge in [0.1, 0.15) is 5.82 Å². The van der Waals surface area contributed by atoms with E-state index in [2.05, 4.69) is 0 Å². The van der Waals surface area contributed by atoms with Crippen LogP contribution in [0.25, 0.3) is 6.08 Å². The molecule has 3 nitrogen and oxygen atoms in total. The molecule has 1 aliphatic heterocycles. The lowest BCUT2D eigenvalue weighted by Gasteiger charge is -2.17. The van der Waals surface area contributed by atoms with Crippen LogP contribution < -0.4 is 9.80 Å². The molecule has 0 bridgehead atoms. The first-order valence-corrected chi connectivity index (χ1v) is 8.98. The molecule has 1 fully saturated rings. The number of thiocarbonyl (C=S) groups is 1. The molecule has 1 aliphatic rings. The van der Waals surface area contributed by atoms with Crippen molar-refractivity contribution in [2.45, 2.75) is 0 Å². The molecule has 0 atom stereocenters. The molecule has 7 heteroatoms. The van der Waals surface area contributed by atoms with Crippen LogP contribution in [0.2, 0.25) is 5.02 Å². The molecular weight excluding hydrogens is 379 g/mol. The molecule has 2 aromatic rings. The molecule has 0 aliphatic carbocycles. The predicted molar refractivity (Wildman–Crippen MR) is 108 cm³/mol. The average molecular weight is 393 g/mol. The Labute approximate surface area is 160 Å². The second-order valence-corrected chi connectivity index (χ2v) is 7.65. The van der Waals surface area contributed by atoms with Crippen molar-refractivity contribution in [1.82, 2.24) is 0 Å². The Bertz CT molecular complexity index is 861. The summed E-state index contributed by atoms with van der Waals surface area (Å²) < 4.78 is 14.4. The van der Waals surface area contributed by atoms with E-state index in [9.17, 15) is 9.18 Å². The molecule has 1 amide bonds. The van der Waals surface area contributed by atoms with E-state index in [1.165, 1.54) is 23.1 Å². The molecule has 1 heterocycles. The standard InChI is InChI=1S/C18H14ClFN2OS2/c1-21(2)11-6-8-12(9-7-11)22-17(23)16(25-18(22)24)10-13-14(19)4-3-5-15(13)20/h3-10H,1-2H3/b16-10-. The maximum Gasteiger partial charge on any atom is 0.270 e. The molecule has 25 heavy (non-hydrogen) atoms. The van der Waals surface area contributed by atoms with Crippen LogP contribution in [-0.2, 0) is 4.79 Å². The largest absolute Gasteiger partial charge is 0.378 e. The number of anilines is 2. The number of halogens is 2. The summed E-state index contributed by atoms with van der Waals surface area (Å²) in [5.74, 6) is -0.764. The van der Waals surface area contributed by atoms with E-state index in [0.717, 1.165) is 17.4 Å². The lowest BCUT2D eigenvalue weighted by molar-refractivity contribution is -0.113. The van der Waals surface area contributed by atoms with Gasteiger partial charge in [0.05, 0.1) is 15.6 Å². The molecule has 0 radical (unpaired) electrons. The molecule has 2 aromatic carbocycles. The van der Waals surface area contributed by atoms with E-state index in [0.29, 0.717) is 14.9 Å². The lowest BCUT2D eigenvalue weighted by atomic mass is 10.2. The first-order valence-electron chi connectivity index (χ1n) is 7.38. The van der Waals surface area contributed by atoms with Gasteiger partial charge in [0.2, 0.25) is 0 Å². The van der Waals surface area contributed by atoms with E-state index in [-0.39, 0.29) is 16.5 Å². The molecule has 0 unspecified atom stereocenters. The Morgan fingerprint density at radius 3 is 2.48 bits per heavy atom. The van der Waals surface area contributed by atoms with Crippen LogP contribution in [0.5, 0.6) is 0 Å². The normalized spacial score (nSPS) is 16.0.